The van der Waals surface area contributed by atoms with Crippen LogP contribution in [0.3, 0.4) is 0 Å². The minimum absolute atomic E-state index is 0.209. The van der Waals surface area contributed by atoms with Crippen LogP contribution in [0.2, 0.25) is 0 Å². The van der Waals surface area contributed by atoms with Crippen LogP contribution in [0.15, 0.2) is 12.2 Å². The predicted octanol–water partition coefficient (Wildman–Crippen LogP) is 3.08. The van der Waals surface area contributed by atoms with Crippen LogP contribution >= 0.6 is 0 Å². The molecule has 0 heterocycles. The number of rotatable bonds is 3. The van der Waals surface area contributed by atoms with Crippen LogP contribution < -0.4 is 0 Å². The number of ether oxygens (including phenoxy) is 1. The monoisotopic (exact) mass is 220 g/mol. The Morgan fingerprint density at radius 2 is 2.31 bits per heavy atom. The van der Waals surface area contributed by atoms with Gasteiger partial charge in [-0.05, 0) is 39.2 Å². The largest absolute Gasteiger partial charge is 0.442 e. The van der Waals surface area contributed by atoms with E-state index >= 15 is 0 Å². The molecule has 1 rings (SSSR count). The SMILES string of the molecule is C#CC1(OC(=O)C(C)(C)CC)C=CCCC1. The van der Waals surface area contributed by atoms with Gasteiger partial charge in [-0.1, -0.05) is 18.9 Å². The molecule has 0 amide bonds. The Kier molecular flexibility index (Phi) is 3.80. The first-order valence-corrected chi connectivity index (χ1v) is 5.85. The first-order chi connectivity index (χ1) is 7.46. The van der Waals surface area contributed by atoms with Gasteiger partial charge in [0.1, 0.15) is 0 Å². The van der Waals surface area contributed by atoms with Crippen molar-refractivity contribution in [2.24, 2.45) is 5.41 Å². The van der Waals surface area contributed by atoms with Crippen LogP contribution in [0.5, 0.6) is 0 Å². The highest BCUT2D eigenvalue weighted by molar-refractivity contribution is 5.76. The third kappa shape index (κ3) is 2.66. The van der Waals surface area contributed by atoms with Gasteiger partial charge in [0.15, 0.2) is 5.60 Å². The van der Waals surface area contributed by atoms with E-state index in [4.69, 9.17) is 11.2 Å². The number of carbonyl (C=O) groups excluding carboxylic acids is 1. The first kappa shape index (κ1) is 12.8. The maximum Gasteiger partial charge on any atom is 0.313 e. The Labute approximate surface area is 98.1 Å². The average Bonchev–Trinajstić information content (AvgIpc) is 2.30. The molecule has 1 aliphatic carbocycles. The minimum atomic E-state index is -0.804. The third-order valence-electron chi connectivity index (χ3n) is 3.26. The fraction of sp³-hybridized carbons (Fsp3) is 0.643. The van der Waals surface area contributed by atoms with Crippen molar-refractivity contribution in [1.82, 2.24) is 0 Å². The molecule has 88 valence electrons. The summed E-state index contributed by atoms with van der Waals surface area (Å²) in [6.07, 6.45) is 12.8. The van der Waals surface area contributed by atoms with Gasteiger partial charge in [-0.25, -0.2) is 0 Å². The second-order valence-electron chi connectivity index (χ2n) is 4.96. The van der Waals surface area contributed by atoms with E-state index < -0.39 is 11.0 Å². The fourth-order valence-corrected chi connectivity index (χ4v) is 1.52. The minimum Gasteiger partial charge on any atom is -0.442 e. The van der Waals surface area contributed by atoms with E-state index in [1.165, 1.54) is 0 Å². The molecule has 0 saturated heterocycles. The van der Waals surface area contributed by atoms with Crippen LogP contribution in [0.25, 0.3) is 0 Å². The molecule has 0 aliphatic heterocycles. The summed E-state index contributed by atoms with van der Waals surface area (Å²) in [4.78, 5) is 12.0. The lowest BCUT2D eigenvalue weighted by molar-refractivity contribution is -0.162. The Hall–Kier alpha value is -1.23. The molecule has 0 aromatic carbocycles. The Morgan fingerprint density at radius 1 is 1.62 bits per heavy atom. The highest BCUT2D eigenvalue weighted by atomic mass is 16.6. The quantitative estimate of drug-likeness (QED) is 0.415. The van der Waals surface area contributed by atoms with E-state index in [1.807, 2.05) is 32.9 Å². The maximum atomic E-state index is 12.0. The number of allylic oxidation sites excluding steroid dienone is 1. The predicted molar refractivity (Wildman–Crippen MR) is 64.7 cm³/mol. The highest BCUT2D eigenvalue weighted by Crippen LogP contribution is 2.30. The van der Waals surface area contributed by atoms with Gasteiger partial charge in [0, 0.05) is 6.42 Å². The van der Waals surface area contributed by atoms with Crippen molar-refractivity contribution in [3.8, 4) is 12.3 Å². The second-order valence-corrected chi connectivity index (χ2v) is 4.96. The topological polar surface area (TPSA) is 26.3 Å². The molecule has 16 heavy (non-hydrogen) atoms. The molecule has 1 aliphatic rings. The summed E-state index contributed by atoms with van der Waals surface area (Å²) < 4.78 is 5.52. The molecular weight excluding hydrogens is 200 g/mol. The first-order valence-electron chi connectivity index (χ1n) is 5.85. The number of hydrogen-bond acceptors (Lipinski definition) is 2. The van der Waals surface area contributed by atoms with E-state index in [0.717, 1.165) is 25.7 Å². The van der Waals surface area contributed by atoms with Gasteiger partial charge in [0.2, 0.25) is 0 Å². The van der Waals surface area contributed by atoms with E-state index in [0.29, 0.717) is 0 Å². The zero-order valence-corrected chi connectivity index (χ0v) is 10.4. The lowest BCUT2D eigenvalue weighted by Gasteiger charge is -2.31. The number of carbonyl (C=O) groups is 1. The lowest BCUT2D eigenvalue weighted by atomic mass is 9.88. The molecule has 0 bridgehead atoms. The van der Waals surface area contributed by atoms with Crippen LogP contribution in [0.1, 0.15) is 46.5 Å². The van der Waals surface area contributed by atoms with Gasteiger partial charge >= 0.3 is 5.97 Å². The molecule has 0 saturated carbocycles. The fourth-order valence-electron chi connectivity index (χ4n) is 1.52. The summed E-state index contributed by atoms with van der Waals surface area (Å²) in [5.41, 5.74) is -1.27. The van der Waals surface area contributed by atoms with Gasteiger partial charge in [-0.3, -0.25) is 4.79 Å². The van der Waals surface area contributed by atoms with Crippen molar-refractivity contribution in [2.45, 2.75) is 52.1 Å². The van der Waals surface area contributed by atoms with E-state index in [2.05, 4.69) is 5.92 Å². The van der Waals surface area contributed by atoms with Gasteiger partial charge in [0.05, 0.1) is 5.41 Å². The van der Waals surface area contributed by atoms with Crippen LogP contribution in [-0.2, 0) is 9.53 Å². The number of hydrogen-bond donors (Lipinski definition) is 0. The zero-order valence-electron chi connectivity index (χ0n) is 10.4. The van der Waals surface area contributed by atoms with Crippen LogP contribution in [0, 0.1) is 17.8 Å². The lowest BCUT2D eigenvalue weighted by Crippen LogP contribution is -2.38. The summed E-state index contributed by atoms with van der Waals surface area (Å²) in [6, 6.07) is 0. The van der Waals surface area contributed by atoms with E-state index in [1.54, 1.807) is 0 Å². The average molecular weight is 220 g/mol. The molecule has 0 fully saturated rings. The van der Waals surface area contributed by atoms with Crippen molar-refractivity contribution in [3.05, 3.63) is 12.2 Å². The molecule has 0 aromatic heterocycles. The van der Waals surface area contributed by atoms with Crippen molar-refractivity contribution < 1.29 is 9.53 Å². The standard InChI is InChI=1S/C14H20O2/c1-5-13(3,4)12(15)16-14(6-2)10-8-7-9-11-14/h2,8,10H,5,7,9,11H2,1,3-4H3. The molecule has 2 nitrogen and oxygen atoms in total. The van der Waals surface area contributed by atoms with Gasteiger partial charge in [-0.15, -0.1) is 6.42 Å². The molecule has 0 N–H and O–H groups in total. The van der Waals surface area contributed by atoms with Crippen LogP contribution in [0.4, 0.5) is 0 Å². The second kappa shape index (κ2) is 4.74. The Bertz CT molecular complexity index is 333. The van der Waals surface area contributed by atoms with Gasteiger partial charge in [-0.2, -0.15) is 0 Å². The van der Waals surface area contributed by atoms with Crippen molar-refractivity contribution >= 4 is 5.97 Å². The summed E-state index contributed by atoms with van der Waals surface area (Å²) in [5.74, 6) is 2.41. The maximum absolute atomic E-state index is 12.0. The molecule has 1 atom stereocenters. The Balaban J connectivity index is 2.79. The van der Waals surface area contributed by atoms with Crippen molar-refractivity contribution in [2.75, 3.05) is 0 Å². The third-order valence-corrected chi connectivity index (χ3v) is 3.26. The molecule has 0 radical (unpaired) electrons. The zero-order chi connectivity index (χ0) is 12.2. The number of esters is 1. The van der Waals surface area contributed by atoms with E-state index in [-0.39, 0.29) is 5.97 Å². The molecule has 0 spiro atoms. The summed E-state index contributed by atoms with van der Waals surface area (Å²) in [6.45, 7) is 5.73. The normalized spacial score (nSPS) is 24.9. The number of terminal acetylenes is 1. The van der Waals surface area contributed by atoms with Gasteiger partial charge < -0.3 is 4.74 Å². The highest BCUT2D eigenvalue weighted by Gasteiger charge is 2.36. The summed E-state index contributed by atoms with van der Waals surface area (Å²) in [5, 5.41) is 0. The Morgan fingerprint density at radius 3 is 2.75 bits per heavy atom. The van der Waals surface area contributed by atoms with Crippen molar-refractivity contribution in [3.63, 3.8) is 0 Å². The smallest absolute Gasteiger partial charge is 0.313 e. The molecular formula is C14H20O2. The van der Waals surface area contributed by atoms with Gasteiger partial charge in [0.25, 0.3) is 0 Å². The summed E-state index contributed by atoms with van der Waals surface area (Å²) >= 11 is 0. The van der Waals surface area contributed by atoms with Crippen molar-refractivity contribution in [1.29, 1.82) is 0 Å². The molecule has 0 aromatic rings. The summed E-state index contributed by atoms with van der Waals surface area (Å²) in [7, 11) is 0. The van der Waals surface area contributed by atoms with Crippen LogP contribution in [-0.4, -0.2) is 11.6 Å². The van der Waals surface area contributed by atoms with E-state index in [9.17, 15) is 4.79 Å². The molecule has 1 unspecified atom stereocenters. The molecule has 2 heteroatoms.